The minimum absolute atomic E-state index is 0.129. The molecule has 5 nitrogen and oxygen atoms in total. The van der Waals surface area contributed by atoms with Crippen LogP contribution < -0.4 is 10.0 Å². The van der Waals surface area contributed by atoms with E-state index in [9.17, 15) is 13.2 Å². The highest BCUT2D eigenvalue weighted by Crippen LogP contribution is 2.22. The summed E-state index contributed by atoms with van der Waals surface area (Å²) in [7, 11) is -3.64. The fourth-order valence-corrected chi connectivity index (χ4v) is 4.90. The van der Waals surface area contributed by atoms with Crippen molar-refractivity contribution in [1.82, 2.24) is 4.72 Å². The maximum Gasteiger partial charge on any atom is 0.241 e. The van der Waals surface area contributed by atoms with Gasteiger partial charge in [0.1, 0.15) is 0 Å². The second-order valence-corrected chi connectivity index (χ2v) is 10.6. The first-order valence-electron chi connectivity index (χ1n) is 9.10. The van der Waals surface area contributed by atoms with Crippen LogP contribution in [0.2, 0.25) is 0 Å². The summed E-state index contributed by atoms with van der Waals surface area (Å²) in [6.07, 6.45) is 0.342. The molecule has 2 aromatic rings. The van der Waals surface area contributed by atoms with Crippen LogP contribution in [0.15, 0.2) is 52.3 Å². The van der Waals surface area contributed by atoms with E-state index in [1.807, 2.05) is 0 Å². The van der Waals surface area contributed by atoms with Gasteiger partial charge in [-0.3, -0.25) is 4.79 Å². The zero-order chi connectivity index (χ0) is 20.9. The monoisotopic (exact) mass is 420 g/mol. The Morgan fingerprint density at radius 3 is 2.39 bits per heavy atom. The van der Waals surface area contributed by atoms with E-state index in [0.29, 0.717) is 17.9 Å². The quantitative estimate of drug-likeness (QED) is 0.647. The molecule has 0 bridgehead atoms. The number of carbonyl (C=O) groups is 1. The Morgan fingerprint density at radius 1 is 1.04 bits per heavy atom. The van der Waals surface area contributed by atoms with Gasteiger partial charge in [0.15, 0.2) is 0 Å². The predicted molar refractivity (Wildman–Crippen MR) is 116 cm³/mol. The topological polar surface area (TPSA) is 75.3 Å². The average Bonchev–Trinajstić information content (AvgIpc) is 2.56. The van der Waals surface area contributed by atoms with Crippen molar-refractivity contribution in [3.63, 3.8) is 0 Å². The maximum absolute atomic E-state index is 12.4. The van der Waals surface area contributed by atoms with E-state index >= 15 is 0 Å². The molecule has 0 unspecified atom stereocenters. The molecule has 0 aliphatic carbocycles. The highest BCUT2D eigenvalue weighted by Gasteiger charge is 2.22. The predicted octanol–water partition coefficient (Wildman–Crippen LogP) is 4.50. The summed E-state index contributed by atoms with van der Waals surface area (Å²) < 4.78 is 27.5. The molecule has 7 heteroatoms. The van der Waals surface area contributed by atoms with Crippen molar-refractivity contribution < 1.29 is 13.2 Å². The highest BCUT2D eigenvalue weighted by atomic mass is 32.2. The SMILES string of the molecule is Cc1ccc(SCCC(=O)Nc2cccc(S(=O)(=O)NC(C)(C)C)c2)cc1C. The van der Waals surface area contributed by atoms with Crippen LogP contribution in [0, 0.1) is 13.8 Å². The highest BCUT2D eigenvalue weighted by molar-refractivity contribution is 7.99. The van der Waals surface area contributed by atoms with Gasteiger partial charge in [0, 0.05) is 28.3 Å². The van der Waals surface area contributed by atoms with E-state index in [4.69, 9.17) is 0 Å². The lowest BCUT2D eigenvalue weighted by Gasteiger charge is -2.20. The number of anilines is 1. The molecule has 0 radical (unpaired) electrons. The molecular weight excluding hydrogens is 392 g/mol. The van der Waals surface area contributed by atoms with Crippen molar-refractivity contribution in [2.75, 3.05) is 11.1 Å². The van der Waals surface area contributed by atoms with Crippen LogP contribution in [0.25, 0.3) is 0 Å². The molecule has 0 saturated carbocycles. The molecule has 2 aromatic carbocycles. The van der Waals surface area contributed by atoms with Crippen LogP contribution in [0.5, 0.6) is 0 Å². The Labute approximate surface area is 172 Å². The van der Waals surface area contributed by atoms with E-state index in [-0.39, 0.29) is 10.8 Å². The molecule has 2 rings (SSSR count). The lowest BCUT2D eigenvalue weighted by Crippen LogP contribution is -2.40. The number of hydrogen-bond donors (Lipinski definition) is 2. The zero-order valence-corrected chi connectivity index (χ0v) is 18.6. The zero-order valence-electron chi connectivity index (χ0n) is 17.0. The standard InChI is InChI=1S/C21H28N2O3S2/c1-15-9-10-18(13-16(15)2)27-12-11-20(24)22-17-7-6-8-19(14-17)28(25,26)23-21(3,4)5/h6-10,13-14,23H,11-12H2,1-5H3,(H,22,24). The molecule has 0 saturated heterocycles. The van der Waals surface area contributed by atoms with Gasteiger partial charge in [-0.1, -0.05) is 12.1 Å². The smallest absolute Gasteiger partial charge is 0.241 e. The summed E-state index contributed by atoms with van der Waals surface area (Å²) in [5, 5.41) is 2.78. The summed E-state index contributed by atoms with van der Waals surface area (Å²) >= 11 is 1.63. The molecule has 1 amide bonds. The number of nitrogens with one attached hydrogen (secondary N) is 2. The Kier molecular flexibility index (Phi) is 7.31. The fraction of sp³-hybridized carbons (Fsp3) is 0.381. The third kappa shape index (κ3) is 6.96. The maximum atomic E-state index is 12.4. The Balaban J connectivity index is 1.94. The van der Waals surface area contributed by atoms with Crippen LogP contribution in [-0.4, -0.2) is 25.6 Å². The first kappa shape index (κ1) is 22.5. The van der Waals surface area contributed by atoms with Gasteiger partial charge in [0.25, 0.3) is 0 Å². The molecule has 0 atom stereocenters. The number of hydrogen-bond acceptors (Lipinski definition) is 4. The fourth-order valence-electron chi connectivity index (χ4n) is 2.49. The second-order valence-electron chi connectivity index (χ2n) is 7.78. The van der Waals surface area contributed by atoms with E-state index in [2.05, 4.69) is 42.1 Å². The van der Waals surface area contributed by atoms with Gasteiger partial charge >= 0.3 is 0 Å². The number of benzene rings is 2. The molecule has 0 aliphatic heterocycles. The number of thioether (sulfide) groups is 1. The van der Waals surface area contributed by atoms with Crippen LogP contribution >= 0.6 is 11.8 Å². The third-order valence-electron chi connectivity index (χ3n) is 3.94. The van der Waals surface area contributed by atoms with Crippen molar-refractivity contribution >= 4 is 33.4 Å². The van der Waals surface area contributed by atoms with E-state index < -0.39 is 15.6 Å². The number of amides is 1. The molecule has 2 N–H and O–H groups in total. The Morgan fingerprint density at radius 2 is 1.75 bits per heavy atom. The third-order valence-corrected chi connectivity index (χ3v) is 6.70. The second kappa shape index (κ2) is 9.11. The van der Waals surface area contributed by atoms with Gasteiger partial charge in [0.2, 0.25) is 15.9 Å². The Hall–Kier alpha value is -1.83. The van der Waals surface area contributed by atoms with Crippen molar-refractivity contribution in [3.8, 4) is 0 Å². The summed E-state index contributed by atoms with van der Waals surface area (Å²) in [6, 6.07) is 12.5. The number of carbonyl (C=O) groups excluding carboxylic acids is 1. The molecule has 0 fully saturated rings. The number of rotatable bonds is 7. The summed E-state index contributed by atoms with van der Waals surface area (Å²) in [4.78, 5) is 13.5. The van der Waals surface area contributed by atoms with Crippen LogP contribution in [-0.2, 0) is 14.8 Å². The van der Waals surface area contributed by atoms with Crippen LogP contribution in [0.1, 0.15) is 38.3 Å². The Bertz CT molecular complexity index is 948. The van der Waals surface area contributed by atoms with Crippen molar-refractivity contribution in [2.45, 2.75) is 56.4 Å². The molecule has 0 aliphatic rings. The van der Waals surface area contributed by atoms with Gasteiger partial charge in [-0.15, -0.1) is 11.8 Å². The molecule has 152 valence electrons. The lowest BCUT2D eigenvalue weighted by atomic mass is 10.1. The van der Waals surface area contributed by atoms with Crippen molar-refractivity contribution in [1.29, 1.82) is 0 Å². The average molecular weight is 421 g/mol. The first-order chi connectivity index (χ1) is 13.0. The van der Waals surface area contributed by atoms with Crippen molar-refractivity contribution in [3.05, 3.63) is 53.6 Å². The molecule has 0 heterocycles. The normalized spacial score (nSPS) is 12.0. The van der Waals surface area contributed by atoms with Crippen molar-refractivity contribution in [2.24, 2.45) is 0 Å². The molecule has 0 aromatic heterocycles. The van der Waals surface area contributed by atoms with Gasteiger partial charge in [-0.2, -0.15) is 0 Å². The minimum atomic E-state index is -3.64. The lowest BCUT2D eigenvalue weighted by molar-refractivity contribution is -0.115. The summed E-state index contributed by atoms with van der Waals surface area (Å²) in [5.41, 5.74) is 2.37. The summed E-state index contributed by atoms with van der Waals surface area (Å²) in [5.74, 6) is 0.507. The number of sulfonamides is 1. The molecule has 28 heavy (non-hydrogen) atoms. The minimum Gasteiger partial charge on any atom is -0.326 e. The van der Waals surface area contributed by atoms with Crippen LogP contribution in [0.4, 0.5) is 5.69 Å². The summed E-state index contributed by atoms with van der Waals surface area (Å²) in [6.45, 7) is 9.49. The molecule has 0 spiro atoms. The largest absolute Gasteiger partial charge is 0.326 e. The number of aryl methyl sites for hydroxylation is 2. The van der Waals surface area contributed by atoms with Gasteiger partial charge in [0.05, 0.1) is 4.90 Å². The van der Waals surface area contributed by atoms with Gasteiger partial charge in [-0.25, -0.2) is 13.1 Å². The van der Waals surface area contributed by atoms with E-state index in [0.717, 1.165) is 4.90 Å². The first-order valence-corrected chi connectivity index (χ1v) is 11.6. The van der Waals surface area contributed by atoms with Gasteiger partial charge < -0.3 is 5.32 Å². The van der Waals surface area contributed by atoms with E-state index in [1.165, 1.54) is 23.3 Å². The van der Waals surface area contributed by atoms with Gasteiger partial charge in [-0.05, 0) is 76.1 Å². The van der Waals surface area contributed by atoms with Crippen LogP contribution in [0.3, 0.4) is 0 Å². The molecular formula is C21H28N2O3S2. The van der Waals surface area contributed by atoms with E-state index in [1.54, 1.807) is 44.7 Å².